The summed E-state index contributed by atoms with van der Waals surface area (Å²) in [7, 11) is 1.62. The Kier molecular flexibility index (Phi) is 5.64. The Labute approximate surface area is 201 Å². The Morgan fingerprint density at radius 1 is 1.15 bits per heavy atom. The number of hydrogen-bond donors (Lipinski definition) is 1. The number of methoxy groups -OCH3 is 1. The van der Waals surface area contributed by atoms with Crippen LogP contribution in [0.5, 0.6) is 5.75 Å². The predicted molar refractivity (Wildman–Crippen MR) is 126 cm³/mol. The van der Waals surface area contributed by atoms with Gasteiger partial charge in [-0.25, -0.2) is 4.98 Å². The number of aliphatic hydroxyl groups is 1. The Bertz CT molecular complexity index is 1330. The van der Waals surface area contributed by atoms with Crippen LogP contribution in [0.4, 0.5) is 0 Å². The standard InChI is InChI=1S/C24H22Cl2N4O3/c1-14-27-12-21(33-14)17-6-4-15(10-20(17)32-2)22-28-29-23-24(13-31,8-3-9-30(22)23)16-5-7-18(25)19(26)11-16/h4-7,10-12,31H,3,8-9,13H2,1-2H3. The van der Waals surface area contributed by atoms with E-state index in [-0.39, 0.29) is 6.61 Å². The van der Waals surface area contributed by atoms with Crippen molar-refractivity contribution in [1.29, 1.82) is 0 Å². The van der Waals surface area contributed by atoms with Gasteiger partial charge in [0.15, 0.2) is 17.5 Å². The molecule has 9 heteroatoms. The fraction of sp³-hybridized carbons (Fsp3) is 0.292. The molecule has 0 aliphatic carbocycles. The number of aromatic nitrogens is 4. The lowest BCUT2D eigenvalue weighted by atomic mass is 9.74. The number of ether oxygens (including phenoxy) is 1. The van der Waals surface area contributed by atoms with Crippen LogP contribution in [0, 0.1) is 6.92 Å². The molecule has 0 saturated carbocycles. The highest BCUT2D eigenvalue weighted by Crippen LogP contribution is 2.43. The smallest absolute Gasteiger partial charge is 0.191 e. The minimum Gasteiger partial charge on any atom is -0.496 e. The second kappa shape index (κ2) is 8.48. The number of rotatable bonds is 5. The third kappa shape index (κ3) is 3.60. The molecule has 0 saturated heterocycles. The first kappa shape index (κ1) is 21.9. The van der Waals surface area contributed by atoms with Gasteiger partial charge in [0.05, 0.1) is 40.9 Å². The lowest BCUT2D eigenvalue weighted by Crippen LogP contribution is -2.39. The molecular formula is C24H22Cl2N4O3. The van der Waals surface area contributed by atoms with Crippen molar-refractivity contribution in [3.63, 3.8) is 0 Å². The largest absolute Gasteiger partial charge is 0.496 e. The van der Waals surface area contributed by atoms with E-state index in [1.807, 2.05) is 24.3 Å². The molecule has 0 fully saturated rings. The Hall–Kier alpha value is -2.87. The van der Waals surface area contributed by atoms with Crippen LogP contribution < -0.4 is 4.74 Å². The summed E-state index contributed by atoms with van der Waals surface area (Å²) in [6.45, 7) is 2.43. The van der Waals surface area contributed by atoms with Gasteiger partial charge in [-0.15, -0.1) is 10.2 Å². The third-order valence-electron chi connectivity index (χ3n) is 6.25. The van der Waals surface area contributed by atoms with Gasteiger partial charge in [-0.05, 0) is 42.7 Å². The second-order valence-corrected chi connectivity index (χ2v) is 8.94. The molecule has 170 valence electrons. The minimum absolute atomic E-state index is 0.115. The summed E-state index contributed by atoms with van der Waals surface area (Å²) in [5, 5.41) is 20.5. The van der Waals surface area contributed by atoms with Crippen molar-refractivity contribution in [2.75, 3.05) is 13.7 Å². The first-order valence-corrected chi connectivity index (χ1v) is 11.3. The second-order valence-electron chi connectivity index (χ2n) is 8.13. The van der Waals surface area contributed by atoms with Crippen molar-refractivity contribution in [2.24, 2.45) is 0 Å². The number of halogens is 2. The fourth-order valence-electron chi connectivity index (χ4n) is 4.56. The van der Waals surface area contributed by atoms with Crippen LogP contribution in [0.25, 0.3) is 22.7 Å². The molecule has 5 rings (SSSR count). The summed E-state index contributed by atoms with van der Waals surface area (Å²) in [5.74, 6) is 3.29. The van der Waals surface area contributed by atoms with E-state index in [9.17, 15) is 5.11 Å². The zero-order chi connectivity index (χ0) is 23.2. The zero-order valence-corrected chi connectivity index (χ0v) is 19.7. The summed E-state index contributed by atoms with van der Waals surface area (Å²) >= 11 is 12.4. The molecule has 0 spiro atoms. The van der Waals surface area contributed by atoms with Gasteiger partial charge in [-0.2, -0.15) is 0 Å². The molecule has 0 bridgehead atoms. The van der Waals surface area contributed by atoms with E-state index >= 15 is 0 Å². The van der Waals surface area contributed by atoms with Crippen molar-refractivity contribution in [1.82, 2.24) is 19.7 Å². The van der Waals surface area contributed by atoms with E-state index in [4.69, 9.17) is 32.4 Å². The first-order chi connectivity index (χ1) is 16.0. The number of oxazole rings is 1. The van der Waals surface area contributed by atoms with Gasteiger partial charge in [0.1, 0.15) is 11.6 Å². The molecule has 0 radical (unpaired) electrons. The van der Waals surface area contributed by atoms with Gasteiger partial charge < -0.3 is 18.8 Å². The van der Waals surface area contributed by atoms with Crippen molar-refractivity contribution < 1.29 is 14.3 Å². The molecule has 1 aliphatic rings. The summed E-state index contributed by atoms with van der Waals surface area (Å²) in [5.41, 5.74) is 1.82. The van der Waals surface area contributed by atoms with E-state index in [1.165, 1.54) is 0 Å². The molecule has 2 aromatic heterocycles. The van der Waals surface area contributed by atoms with Crippen molar-refractivity contribution in [2.45, 2.75) is 31.7 Å². The SMILES string of the molecule is COc1cc(-c2nnc3n2CCCC3(CO)c2ccc(Cl)c(Cl)c2)ccc1-c1cnc(C)o1. The monoisotopic (exact) mass is 484 g/mol. The van der Waals surface area contributed by atoms with Crippen molar-refractivity contribution in [3.05, 3.63) is 69.9 Å². The average Bonchev–Trinajstić information content (AvgIpc) is 3.47. The highest BCUT2D eigenvalue weighted by atomic mass is 35.5. The van der Waals surface area contributed by atoms with Gasteiger partial charge in [-0.3, -0.25) is 0 Å². The van der Waals surface area contributed by atoms with Crippen molar-refractivity contribution in [3.8, 4) is 28.5 Å². The Balaban J connectivity index is 1.60. The van der Waals surface area contributed by atoms with Crippen LogP contribution >= 0.6 is 23.2 Å². The molecule has 33 heavy (non-hydrogen) atoms. The topological polar surface area (TPSA) is 86.2 Å². The normalized spacial score (nSPS) is 17.7. The van der Waals surface area contributed by atoms with Crippen LogP contribution in [0.2, 0.25) is 10.0 Å². The van der Waals surface area contributed by atoms with E-state index in [2.05, 4.69) is 19.7 Å². The van der Waals surface area contributed by atoms with Crippen LogP contribution in [0.15, 0.2) is 47.0 Å². The number of aryl methyl sites for hydroxylation is 1. The van der Waals surface area contributed by atoms with Crippen LogP contribution in [0.1, 0.15) is 30.1 Å². The molecular weight excluding hydrogens is 463 g/mol. The van der Waals surface area contributed by atoms with E-state index in [0.29, 0.717) is 39.1 Å². The van der Waals surface area contributed by atoms with Gasteiger partial charge >= 0.3 is 0 Å². The maximum absolute atomic E-state index is 10.5. The Morgan fingerprint density at radius 2 is 2.00 bits per heavy atom. The van der Waals surface area contributed by atoms with E-state index < -0.39 is 5.41 Å². The average molecular weight is 485 g/mol. The van der Waals surface area contributed by atoms with Gasteiger partial charge in [0.2, 0.25) is 0 Å². The number of hydrogen-bond acceptors (Lipinski definition) is 6. The number of nitrogens with zero attached hydrogens (tertiary/aromatic N) is 4. The number of aliphatic hydroxyl groups excluding tert-OH is 1. The maximum Gasteiger partial charge on any atom is 0.191 e. The molecule has 2 aromatic carbocycles. The summed E-state index contributed by atoms with van der Waals surface area (Å²) in [4.78, 5) is 4.17. The van der Waals surface area contributed by atoms with Crippen molar-refractivity contribution >= 4 is 23.2 Å². The lowest BCUT2D eigenvalue weighted by Gasteiger charge is -2.36. The molecule has 1 aliphatic heterocycles. The zero-order valence-electron chi connectivity index (χ0n) is 18.2. The maximum atomic E-state index is 10.5. The molecule has 1 unspecified atom stereocenters. The molecule has 3 heterocycles. The summed E-state index contributed by atoms with van der Waals surface area (Å²) < 4.78 is 13.4. The van der Waals surface area contributed by atoms with Gasteiger partial charge in [0.25, 0.3) is 0 Å². The van der Waals surface area contributed by atoms with Gasteiger partial charge in [0, 0.05) is 19.0 Å². The summed E-state index contributed by atoms with van der Waals surface area (Å²) in [6.07, 6.45) is 3.26. The molecule has 1 atom stereocenters. The third-order valence-corrected chi connectivity index (χ3v) is 6.99. The highest BCUT2D eigenvalue weighted by Gasteiger charge is 2.42. The molecule has 0 amide bonds. The number of fused-ring (bicyclic) bond motifs is 1. The first-order valence-electron chi connectivity index (χ1n) is 10.6. The fourth-order valence-corrected chi connectivity index (χ4v) is 4.86. The highest BCUT2D eigenvalue weighted by molar-refractivity contribution is 6.42. The van der Waals surface area contributed by atoms with E-state index in [1.54, 1.807) is 32.4 Å². The van der Waals surface area contributed by atoms with Crippen LogP contribution in [-0.4, -0.2) is 38.6 Å². The summed E-state index contributed by atoms with van der Waals surface area (Å²) in [6, 6.07) is 11.3. The van der Waals surface area contributed by atoms with E-state index in [0.717, 1.165) is 36.1 Å². The molecule has 1 N–H and O–H groups in total. The lowest BCUT2D eigenvalue weighted by molar-refractivity contribution is 0.184. The number of benzene rings is 2. The Morgan fingerprint density at radius 3 is 2.70 bits per heavy atom. The van der Waals surface area contributed by atoms with Gasteiger partial charge in [-0.1, -0.05) is 35.3 Å². The molecule has 7 nitrogen and oxygen atoms in total. The van der Waals surface area contributed by atoms with Crippen LogP contribution in [0.3, 0.4) is 0 Å². The predicted octanol–water partition coefficient (Wildman–Crippen LogP) is 5.30. The van der Waals surface area contributed by atoms with Crippen LogP contribution in [-0.2, 0) is 12.0 Å². The molecule has 4 aromatic rings. The quantitative estimate of drug-likeness (QED) is 0.413. The minimum atomic E-state index is -0.709.